The molecule has 1 aliphatic heterocycles. The zero-order chi connectivity index (χ0) is 22.0. The highest BCUT2D eigenvalue weighted by atomic mass is 16.5. The standard InChI is InChI=1S/C28H49NO2/c1-6-7-8-15-29-25-18(2)24-27(4)14-12-22-21(23(27)17-28(24,5)31-25)10-9-19-16-20(30)11-13-26(19,22)3/h18-25,29-30H,6-17H2,1-5H3. The molecule has 0 spiro atoms. The van der Waals surface area contributed by atoms with Crippen molar-refractivity contribution in [3.63, 3.8) is 0 Å². The van der Waals surface area contributed by atoms with Crippen LogP contribution in [0, 0.1) is 46.3 Å². The highest BCUT2D eigenvalue weighted by Gasteiger charge is 2.69. The molecule has 0 amide bonds. The maximum absolute atomic E-state index is 10.3. The second-order valence-electron chi connectivity index (χ2n) is 13.2. The molecule has 4 aliphatic carbocycles. The molecule has 31 heavy (non-hydrogen) atoms. The van der Waals surface area contributed by atoms with Crippen LogP contribution in [0.4, 0.5) is 0 Å². The molecular weight excluding hydrogens is 382 g/mol. The van der Waals surface area contributed by atoms with Gasteiger partial charge in [-0.05, 0) is 112 Å². The zero-order valence-electron chi connectivity index (χ0n) is 21.0. The van der Waals surface area contributed by atoms with Gasteiger partial charge in [-0.1, -0.05) is 40.5 Å². The SMILES string of the molecule is CCCCCNC1OC2(C)CC3C4CCC5CC(O)CCC5(C)C4CCC3(C)C2C1C. The molecule has 0 bridgehead atoms. The fraction of sp³-hybridized carbons (Fsp3) is 1.00. The molecule has 0 radical (unpaired) electrons. The maximum Gasteiger partial charge on any atom is 0.111 e. The van der Waals surface area contributed by atoms with Gasteiger partial charge < -0.3 is 9.84 Å². The Morgan fingerprint density at radius 2 is 1.74 bits per heavy atom. The molecule has 1 saturated heterocycles. The highest BCUT2D eigenvalue weighted by molar-refractivity contribution is 5.17. The fourth-order valence-corrected chi connectivity index (χ4v) is 10.3. The highest BCUT2D eigenvalue weighted by Crippen LogP contribution is 2.72. The summed E-state index contributed by atoms with van der Waals surface area (Å²) in [6.07, 6.45) is 14.2. The molecule has 3 heteroatoms. The molecule has 11 unspecified atom stereocenters. The first-order valence-corrected chi connectivity index (χ1v) is 13.8. The lowest BCUT2D eigenvalue weighted by molar-refractivity contribution is -0.130. The lowest BCUT2D eigenvalue weighted by atomic mass is 9.44. The van der Waals surface area contributed by atoms with Gasteiger partial charge in [0.25, 0.3) is 0 Å². The summed E-state index contributed by atoms with van der Waals surface area (Å²) in [6, 6.07) is 0. The largest absolute Gasteiger partial charge is 0.393 e. The van der Waals surface area contributed by atoms with Crippen LogP contribution in [0.5, 0.6) is 0 Å². The quantitative estimate of drug-likeness (QED) is 0.513. The van der Waals surface area contributed by atoms with Gasteiger partial charge in [0.15, 0.2) is 0 Å². The van der Waals surface area contributed by atoms with Crippen LogP contribution in [0.15, 0.2) is 0 Å². The molecular formula is C28H49NO2. The minimum Gasteiger partial charge on any atom is -0.393 e. The summed E-state index contributed by atoms with van der Waals surface area (Å²) in [7, 11) is 0. The van der Waals surface area contributed by atoms with Crippen LogP contribution in [0.3, 0.4) is 0 Å². The van der Waals surface area contributed by atoms with Crippen LogP contribution < -0.4 is 5.32 Å². The molecule has 1 heterocycles. The van der Waals surface area contributed by atoms with E-state index in [9.17, 15) is 5.11 Å². The third-order valence-electron chi connectivity index (χ3n) is 11.6. The molecule has 0 aromatic heterocycles. The Morgan fingerprint density at radius 3 is 2.52 bits per heavy atom. The topological polar surface area (TPSA) is 41.5 Å². The van der Waals surface area contributed by atoms with E-state index in [-0.39, 0.29) is 17.9 Å². The predicted octanol–water partition coefficient (Wildman–Crippen LogP) is 6.15. The van der Waals surface area contributed by atoms with Gasteiger partial charge in [-0.3, -0.25) is 5.32 Å². The van der Waals surface area contributed by atoms with Gasteiger partial charge in [0.05, 0.1) is 11.7 Å². The van der Waals surface area contributed by atoms with Crippen molar-refractivity contribution in [3.05, 3.63) is 0 Å². The van der Waals surface area contributed by atoms with Crippen molar-refractivity contribution in [1.29, 1.82) is 0 Å². The van der Waals surface area contributed by atoms with Crippen molar-refractivity contribution in [2.45, 2.75) is 123 Å². The van der Waals surface area contributed by atoms with E-state index >= 15 is 0 Å². The normalized spacial score (nSPS) is 55.9. The summed E-state index contributed by atoms with van der Waals surface area (Å²) in [5.41, 5.74) is 0.959. The van der Waals surface area contributed by atoms with E-state index in [0.717, 1.165) is 43.1 Å². The maximum atomic E-state index is 10.3. The second kappa shape index (κ2) is 7.98. The Kier molecular flexibility index (Phi) is 5.83. The van der Waals surface area contributed by atoms with Crippen molar-refractivity contribution >= 4 is 0 Å². The van der Waals surface area contributed by atoms with Gasteiger partial charge in [0.2, 0.25) is 0 Å². The van der Waals surface area contributed by atoms with Gasteiger partial charge >= 0.3 is 0 Å². The van der Waals surface area contributed by atoms with Crippen LogP contribution in [-0.2, 0) is 4.74 Å². The number of rotatable bonds is 5. The smallest absolute Gasteiger partial charge is 0.111 e. The minimum absolute atomic E-state index is 0.0377. The van der Waals surface area contributed by atoms with Gasteiger partial charge in [-0.25, -0.2) is 0 Å². The van der Waals surface area contributed by atoms with E-state index in [1.54, 1.807) is 0 Å². The summed E-state index contributed by atoms with van der Waals surface area (Å²) >= 11 is 0. The van der Waals surface area contributed by atoms with Crippen molar-refractivity contribution in [2.75, 3.05) is 6.54 Å². The Bertz CT molecular complexity index is 667. The van der Waals surface area contributed by atoms with Gasteiger partial charge in [0, 0.05) is 5.92 Å². The van der Waals surface area contributed by atoms with E-state index in [1.165, 1.54) is 57.8 Å². The molecule has 2 N–H and O–H groups in total. The lowest BCUT2D eigenvalue weighted by Gasteiger charge is -2.61. The van der Waals surface area contributed by atoms with Gasteiger partial charge in [-0.15, -0.1) is 0 Å². The Morgan fingerprint density at radius 1 is 0.968 bits per heavy atom. The first-order valence-electron chi connectivity index (χ1n) is 13.8. The lowest BCUT2D eigenvalue weighted by Crippen LogP contribution is -2.54. The molecule has 5 fully saturated rings. The third kappa shape index (κ3) is 3.38. The summed E-state index contributed by atoms with van der Waals surface area (Å²) in [5, 5.41) is 14.1. The van der Waals surface area contributed by atoms with Crippen molar-refractivity contribution in [3.8, 4) is 0 Å². The third-order valence-corrected chi connectivity index (χ3v) is 11.6. The minimum atomic E-state index is -0.0377. The zero-order valence-corrected chi connectivity index (χ0v) is 21.0. The number of hydrogen-bond donors (Lipinski definition) is 2. The molecule has 0 aromatic carbocycles. The molecule has 0 aromatic rings. The Labute approximate surface area is 191 Å². The summed E-state index contributed by atoms with van der Waals surface area (Å²) in [4.78, 5) is 0. The average Bonchev–Trinajstić information content (AvgIpc) is 3.12. The summed E-state index contributed by atoms with van der Waals surface area (Å²) in [5.74, 6) is 4.63. The van der Waals surface area contributed by atoms with E-state index in [2.05, 4.69) is 39.9 Å². The van der Waals surface area contributed by atoms with Gasteiger partial charge in [-0.2, -0.15) is 0 Å². The number of ether oxygens (including phenoxy) is 1. The Hall–Kier alpha value is -0.120. The first kappa shape index (κ1) is 22.7. The summed E-state index contributed by atoms with van der Waals surface area (Å²) in [6.45, 7) is 13.6. The van der Waals surface area contributed by atoms with Crippen molar-refractivity contribution in [1.82, 2.24) is 5.32 Å². The number of aliphatic hydroxyl groups is 1. The fourth-order valence-electron chi connectivity index (χ4n) is 10.3. The van der Waals surface area contributed by atoms with E-state index in [0.29, 0.717) is 22.7 Å². The first-order chi connectivity index (χ1) is 14.7. The average molecular weight is 432 g/mol. The molecule has 4 saturated carbocycles. The van der Waals surface area contributed by atoms with Crippen LogP contribution in [0.2, 0.25) is 0 Å². The van der Waals surface area contributed by atoms with Crippen LogP contribution in [-0.4, -0.2) is 29.6 Å². The van der Waals surface area contributed by atoms with E-state index in [4.69, 9.17) is 4.74 Å². The molecule has 5 rings (SSSR count). The second-order valence-corrected chi connectivity index (χ2v) is 13.2. The molecule has 3 nitrogen and oxygen atoms in total. The van der Waals surface area contributed by atoms with Gasteiger partial charge in [0.1, 0.15) is 6.23 Å². The molecule has 178 valence electrons. The number of hydrogen-bond acceptors (Lipinski definition) is 3. The van der Waals surface area contributed by atoms with Crippen LogP contribution in [0.25, 0.3) is 0 Å². The Balaban J connectivity index is 1.34. The number of aliphatic hydroxyl groups excluding tert-OH is 1. The molecule has 11 atom stereocenters. The number of unbranched alkanes of at least 4 members (excludes halogenated alkanes) is 2. The molecule has 5 aliphatic rings. The van der Waals surface area contributed by atoms with E-state index in [1.807, 2.05) is 0 Å². The monoisotopic (exact) mass is 431 g/mol. The number of fused-ring (bicyclic) bond motifs is 7. The number of nitrogens with one attached hydrogen (secondary N) is 1. The van der Waals surface area contributed by atoms with E-state index < -0.39 is 0 Å². The van der Waals surface area contributed by atoms with Crippen LogP contribution in [0.1, 0.15) is 105 Å². The predicted molar refractivity (Wildman–Crippen MR) is 127 cm³/mol. The van der Waals surface area contributed by atoms with Crippen molar-refractivity contribution < 1.29 is 9.84 Å². The van der Waals surface area contributed by atoms with Crippen molar-refractivity contribution in [2.24, 2.45) is 46.3 Å². The van der Waals surface area contributed by atoms with Crippen LogP contribution >= 0.6 is 0 Å². The summed E-state index contributed by atoms with van der Waals surface area (Å²) < 4.78 is 6.90.